The average molecular weight is 494 g/mol. The van der Waals surface area contributed by atoms with Crippen LogP contribution >= 0.6 is 0 Å². The molecular formula is C25H22N2O9. The Morgan fingerprint density at radius 2 is 1.36 bits per heavy atom. The molecule has 3 rings (SSSR count). The lowest BCUT2D eigenvalue weighted by molar-refractivity contribution is -0.157. The average Bonchev–Trinajstić information content (AvgIpc) is 2.90. The van der Waals surface area contributed by atoms with Crippen LogP contribution in [-0.4, -0.2) is 60.3 Å². The Bertz CT molecular complexity index is 1250. The summed E-state index contributed by atoms with van der Waals surface area (Å²) in [5, 5.41) is 12.2. The molecule has 3 aromatic rings. The monoisotopic (exact) mass is 494 g/mol. The van der Waals surface area contributed by atoms with Crippen molar-refractivity contribution >= 4 is 29.5 Å². The molecule has 1 amide bonds. The molecule has 0 aliphatic heterocycles. The Balaban J connectivity index is 1.91. The van der Waals surface area contributed by atoms with Crippen LogP contribution in [0.4, 0.5) is 5.69 Å². The van der Waals surface area contributed by atoms with E-state index in [0.717, 1.165) is 0 Å². The molecule has 0 unspecified atom stereocenters. The molecule has 186 valence electrons. The van der Waals surface area contributed by atoms with Crippen molar-refractivity contribution in [1.29, 1.82) is 0 Å². The van der Waals surface area contributed by atoms with Gasteiger partial charge in [-0.15, -0.1) is 0 Å². The predicted molar refractivity (Wildman–Crippen MR) is 125 cm³/mol. The van der Waals surface area contributed by atoms with Crippen molar-refractivity contribution in [2.75, 3.05) is 19.5 Å². The molecule has 0 saturated heterocycles. The van der Waals surface area contributed by atoms with E-state index in [0.29, 0.717) is 11.5 Å². The zero-order valence-corrected chi connectivity index (χ0v) is 19.2. The number of aromatic nitrogens is 1. The summed E-state index contributed by atoms with van der Waals surface area (Å²) in [5.74, 6) is -4.21. The van der Waals surface area contributed by atoms with E-state index < -0.39 is 36.0 Å². The van der Waals surface area contributed by atoms with Crippen molar-refractivity contribution in [1.82, 2.24) is 4.98 Å². The molecule has 1 aromatic heterocycles. The van der Waals surface area contributed by atoms with E-state index >= 15 is 0 Å². The second-order valence-electron chi connectivity index (χ2n) is 7.18. The van der Waals surface area contributed by atoms with Gasteiger partial charge in [-0.3, -0.25) is 9.78 Å². The molecule has 36 heavy (non-hydrogen) atoms. The van der Waals surface area contributed by atoms with Gasteiger partial charge < -0.3 is 29.4 Å². The summed E-state index contributed by atoms with van der Waals surface area (Å²) in [6.45, 7) is 0. The van der Waals surface area contributed by atoms with E-state index in [1.165, 1.54) is 75.1 Å². The SMILES string of the molecule is COc1cccc(C(=O)O[C@H](C(=O)O)[C@@H](OC(=O)c2cccc(OC)c2)C(=O)Nc2cccnc2)c1. The zero-order valence-electron chi connectivity index (χ0n) is 19.2. The van der Waals surface area contributed by atoms with E-state index in [-0.39, 0.29) is 16.8 Å². The number of aliphatic carboxylic acids is 1. The Morgan fingerprint density at radius 1 is 0.806 bits per heavy atom. The summed E-state index contributed by atoms with van der Waals surface area (Å²) >= 11 is 0. The first-order valence-electron chi connectivity index (χ1n) is 10.5. The van der Waals surface area contributed by atoms with Gasteiger partial charge in [-0.25, -0.2) is 14.4 Å². The minimum atomic E-state index is -2.19. The Labute approximate surface area is 205 Å². The molecule has 0 fully saturated rings. The number of benzene rings is 2. The molecular weight excluding hydrogens is 472 g/mol. The van der Waals surface area contributed by atoms with Crippen LogP contribution in [0.15, 0.2) is 73.1 Å². The molecule has 0 aliphatic carbocycles. The smallest absolute Gasteiger partial charge is 0.349 e. The van der Waals surface area contributed by atoms with Crippen LogP contribution in [0, 0.1) is 0 Å². The van der Waals surface area contributed by atoms with Gasteiger partial charge in [-0.05, 0) is 48.5 Å². The number of nitrogens with zero attached hydrogens (tertiary/aromatic N) is 1. The molecule has 0 spiro atoms. The Kier molecular flexibility index (Phi) is 8.54. The van der Waals surface area contributed by atoms with Crippen LogP contribution < -0.4 is 14.8 Å². The number of hydrogen-bond donors (Lipinski definition) is 2. The fourth-order valence-electron chi connectivity index (χ4n) is 3.01. The number of esters is 2. The lowest BCUT2D eigenvalue weighted by Crippen LogP contribution is -2.48. The first kappa shape index (κ1) is 25.7. The van der Waals surface area contributed by atoms with E-state index in [9.17, 15) is 24.3 Å². The molecule has 2 atom stereocenters. The molecule has 0 saturated carbocycles. The van der Waals surface area contributed by atoms with Crippen LogP contribution in [0.25, 0.3) is 0 Å². The summed E-state index contributed by atoms with van der Waals surface area (Å²) in [5.41, 5.74) is 0.149. The summed E-state index contributed by atoms with van der Waals surface area (Å²) in [6.07, 6.45) is -1.48. The topological polar surface area (TPSA) is 150 Å². The fourth-order valence-corrected chi connectivity index (χ4v) is 3.01. The van der Waals surface area contributed by atoms with Gasteiger partial charge in [0, 0.05) is 6.20 Å². The quantitative estimate of drug-likeness (QED) is 0.403. The minimum absolute atomic E-state index is 0.0169. The highest BCUT2D eigenvalue weighted by Gasteiger charge is 2.41. The predicted octanol–water partition coefficient (Wildman–Crippen LogP) is 2.57. The van der Waals surface area contributed by atoms with Gasteiger partial charge in [-0.2, -0.15) is 0 Å². The highest BCUT2D eigenvalue weighted by atomic mass is 16.6. The van der Waals surface area contributed by atoms with E-state index in [2.05, 4.69) is 10.3 Å². The van der Waals surface area contributed by atoms with Crippen LogP contribution in [0.1, 0.15) is 20.7 Å². The zero-order chi connectivity index (χ0) is 26.1. The number of amides is 1. The second-order valence-corrected chi connectivity index (χ2v) is 7.18. The number of anilines is 1. The maximum atomic E-state index is 13.1. The maximum absolute atomic E-state index is 13.1. The highest BCUT2D eigenvalue weighted by molar-refractivity contribution is 6.01. The maximum Gasteiger partial charge on any atom is 0.349 e. The minimum Gasteiger partial charge on any atom is -0.497 e. The third kappa shape index (κ3) is 6.56. The van der Waals surface area contributed by atoms with Gasteiger partial charge in [0.1, 0.15) is 11.5 Å². The van der Waals surface area contributed by atoms with Crippen LogP contribution in [0.3, 0.4) is 0 Å². The number of carboxylic acid groups (broad SMARTS) is 1. The first-order chi connectivity index (χ1) is 17.3. The van der Waals surface area contributed by atoms with Crippen LogP contribution in [0.2, 0.25) is 0 Å². The molecule has 0 aliphatic rings. The number of methoxy groups -OCH3 is 2. The van der Waals surface area contributed by atoms with Gasteiger partial charge in [0.15, 0.2) is 0 Å². The van der Waals surface area contributed by atoms with Gasteiger partial charge in [0.05, 0.1) is 37.2 Å². The number of carbonyl (C=O) groups excluding carboxylic acids is 3. The molecule has 1 heterocycles. The van der Waals surface area contributed by atoms with Crippen molar-refractivity contribution in [3.8, 4) is 11.5 Å². The molecule has 0 radical (unpaired) electrons. The van der Waals surface area contributed by atoms with Gasteiger partial charge in [0.2, 0.25) is 12.2 Å². The van der Waals surface area contributed by atoms with Crippen molar-refractivity contribution < 1.29 is 43.2 Å². The molecule has 2 N–H and O–H groups in total. The van der Waals surface area contributed by atoms with Crippen molar-refractivity contribution in [2.45, 2.75) is 12.2 Å². The van der Waals surface area contributed by atoms with Gasteiger partial charge >= 0.3 is 17.9 Å². The number of carboxylic acids is 1. The van der Waals surface area contributed by atoms with Crippen molar-refractivity contribution in [3.05, 3.63) is 84.2 Å². The van der Waals surface area contributed by atoms with Gasteiger partial charge in [0.25, 0.3) is 5.91 Å². The number of rotatable bonds is 10. The third-order valence-electron chi connectivity index (χ3n) is 4.78. The standard InChI is InChI=1S/C25H22N2O9/c1-33-18-9-3-6-15(12-18)24(31)35-20(22(28)27-17-8-5-11-26-14-17)21(23(29)30)36-25(32)16-7-4-10-19(13-16)34-2/h3-14,20-21H,1-2H3,(H,27,28)(H,29,30)/t20-,21+/m1/s1. The molecule has 11 nitrogen and oxygen atoms in total. The number of carbonyl (C=O) groups is 4. The van der Waals surface area contributed by atoms with E-state index in [1.807, 2.05) is 0 Å². The lowest BCUT2D eigenvalue weighted by atomic mass is 10.1. The van der Waals surface area contributed by atoms with Crippen molar-refractivity contribution in [3.63, 3.8) is 0 Å². The summed E-state index contributed by atoms with van der Waals surface area (Å²) in [4.78, 5) is 54.6. The normalized spacial score (nSPS) is 11.9. The van der Waals surface area contributed by atoms with E-state index in [1.54, 1.807) is 12.1 Å². The number of ether oxygens (including phenoxy) is 4. The summed E-state index contributed by atoms with van der Waals surface area (Å²) in [6, 6.07) is 14.6. The van der Waals surface area contributed by atoms with Crippen molar-refractivity contribution in [2.24, 2.45) is 0 Å². The Hall–Kier alpha value is -4.93. The number of pyridine rings is 1. The van der Waals surface area contributed by atoms with Crippen LogP contribution in [0.5, 0.6) is 11.5 Å². The summed E-state index contributed by atoms with van der Waals surface area (Å²) in [7, 11) is 2.79. The lowest BCUT2D eigenvalue weighted by Gasteiger charge is -2.23. The van der Waals surface area contributed by atoms with Crippen LogP contribution in [-0.2, 0) is 19.1 Å². The van der Waals surface area contributed by atoms with Gasteiger partial charge in [-0.1, -0.05) is 12.1 Å². The number of hydrogen-bond acceptors (Lipinski definition) is 9. The fraction of sp³-hybridized carbons (Fsp3) is 0.160. The molecule has 11 heteroatoms. The first-order valence-corrected chi connectivity index (χ1v) is 10.5. The third-order valence-corrected chi connectivity index (χ3v) is 4.78. The Morgan fingerprint density at radius 3 is 1.83 bits per heavy atom. The number of nitrogens with one attached hydrogen (secondary N) is 1. The second kappa shape index (κ2) is 12.0. The highest BCUT2D eigenvalue weighted by Crippen LogP contribution is 2.19. The molecule has 2 aromatic carbocycles. The largest absolute Gasteiger partial charge is 0.497 e. The summed E-state index contributed by atoms with van der Waals surface area (Å²) < 4.78 is 20.5. The molecule has 0 bridgehead atoms. The van der Waals surface area contributed by atoms with E-state index in [4.69, 9.17) is 18.9 Å².